The second kappa shape index (κ2) is 13.3. The largest absolute Gasteiger partial charge is 0.490 e. The SMILES string of the molecule is CCNC(=NCCc1ccco1)NC(C)c1ccc(OCC)c(OCC)c1.I. The van der Waals surface area contributed by atoms with Crippen LogP contribution in [-0.4, -0.2) is 32.3 Å². The van der Waals surface area contributed by atoms with Gasteiger partial charge in [-0.2, -0.15) is 0 Å². The van der Waals surface area contributed by atoms with Crippen molar-refractivity contribution in [3.63, 3.8) is 0 Å². The molecule has 0 spiro atoms. The third-order valence-electron chi connectivity index (χ3n) is 3.97. The van der Waals surface area contributed by atoms with Crippen molar-refractivity contribution in [2.45, 2.75) is 40.2 Å². The molecule has 0 aliphatic rings. The van der Waals surface area contributed by atoms with Crippen LogP contribution < -0.4 is 20.1 Å². The van der Waals surface area contributed by atoms with E-state index in [1.54, 1.807) is 6.26 Å². The van der Waals surface area contributed by atoms with Gasteiger partial charge in [0.1, 0.15) is 5.76 Å². The molecule has 2 N–H and O–H groups in total. The lowest BCUT2D eigenvalue weighted by atomic mass is 10.1. The number of hydrogen-bond acceptors (Lipinski definition) is 4. The average Bonchev–Trinajstić information content (AvgIpc) is 3.17. The first-order valence-electron chi connectivity index (χ1n) is 9.64. The Morgan fingerprint density at radius 3 is 2.50 bits per heavy atom. The Labute approximate surface area is 185 Å². The van der Waals surface area contributed by atoms with Gasteiger partial charge in [0, 0.05) is 19.5 Å². The molecule has 0 bridgehead atoms. The lowest BCUT2D eigenvalue weighted by Gasteiger charge is -2.20. The van der Waals surface area contributed by atoms with E-state index in [1.165, 1.54) is 0 Å². The molecule has 28 heavy (non-hydrogen) atoms. The fraction of sp³-hybridized carbons (Fsp3) is 0.476. The van der Waals surface area contributed by atoms with Crippen LogP contribution in [0.5, 0.6) is 11.5 Å². The molecule has 2 aromatic rings. The van der Waals surface area contributed by atoms with Crippen LogP contribution in [0.1, 0.15) is 45.1 Å². The summed E-state index contributed by atoms with van der Waals surface area (Å²) in [6.07, 6.45) is 2.46. The van der Waals surface area contributed by atoms with Gasteiger partial charge in [-0.3, -0.25) is 4.99 Å². The van der Waals surface area contributed by atoms with Crippen LogP contribution >= 0.6 is 24.0 Å². The Bertz CT molecular complexity index is 705. The molecule has 0 radical (unpaired) electrons. The second-order valence-corrected chi connectivity index (χ2v) is 6.03. The summed E-state index contributed by atoms with van der Waals surface area (Å²) in [5.41, 5.74) is 1.11. The lowest BCUT2D eigenvalue weighted by molar-refractivity contribution is 0.287. The number of ether oxygens (including phenoxy) is 2. The van der Waals surface area contributed by atoms with Crippen molar-refractivity contribution in [1.82, 2.24) is 10.6 Å². The van der Waals surface area contributed by atoms with Gasteiger partial charge in [0.2, 0.25) is 0 Å². The molecule has 1 aromatic heterocycles. The highest BCUT2D eigenvalue weighted by molar-refractivity contribution is 14.0. The minimum Gasteiger partial charge on any atom is -0.490 e. The molecule has 2 rings (SSSR count). The molecule has 1 unspecified atom stereocenters. The summed E-state index contributed by atoms with van der Waals surface area (Å²) in [6, 6.07) is 9.97. The van der Waals surface area contributed by atoms with Gasteiger partial charge in [0.05, 0.1) is 25.5 Å². The number of halogens is 1. The number of benzene rings is 1. The van der Waals surface area contributed by atoms with Gasteiger partial charge in [-0.25, -0.2) is 0 Å². The van der Waals surface area contributed by atoms with Crippen molar-refractivity contribution < 1.29 is 13.9 Å². The fourth-order valence-electron chi connectivity index (χ4n) is 2.68. The maximum absolute atomic E-state index is 5.73. The van der Waals surface area contributed by atoms with E-state index in [1.807, 2.05) is 38.1 Å². The van der Waals surface area contributed by atoms with Crippen LogP contribution in [0.4, 0.5) is 0 Å². The quantitative estimate of drug-likeness (QED) is 0.284. The zero-order valence-electron chi connectivity index (χ0n) is 17.2. The van der Waals surface area contributed by atoms with E-state index < -0.39 is 0 Å². The van der Waals surface area contributed by atoms with Crippen molar-refractivity contribution in [2.75, 3.05) is 26.3 Å². The fourth-order valence-corrected chi connectivity index (χ4v) is 2.68. The molecule has 0 saturated heterocycles. The van der Waals surface area contributed by atoms with E-state index in [4.69, 9.17) is 13.9 Å². The summed E-state index contributed by atoms with van der Waals surface area (Å²) >= 11 is 0. The minimum atomic E-state index is 0. The third kappa shape index (κ3) is 7.61. The van der Waals surface area contributed by atoms with Gasteiger partial charge < -0.3 is 24.5 Å². The number of rotatable bonds is 10. The number of furan rings is 1. The molecule has 1 aromatic carbocycles. The van der Waals surface area contributed by atoms with Crippen LogP contribution in [0.15, 0.2) is 46.0 Å². The van der Waals surface area contributed by atoms with Crippen molar-refractivity contribution in [3.8, 4) is 11.5 Å². The first-order chi connectivity index (χ1) is 13.2. The summed E-state index contributed by atoms with van der Waals surface area (Å²) in [5.74, 6) is 3.26. The number of aliphatic imine (C=N–C) groups is 1. The van der Waals surface area contributed by atoms with E-state index in [0.29, 0.717) is 19.8 Å². The maximum atomic E-state index is 5.73. The Hall–Kier alpha value is -1.90. The Kier molecular flexibility index (Phi) is 11.5. The third-order valence-corrected chi connectivity index (χ3v) is 3.97. The van der Waals surface area contributed by atoms with E-state index in [0.717, 1.165) is 41.7 Å². The molecular weight excluding hydrogens is 469 g/mol. The van der Waals surface area contributed by atoms with Gasteiger partial charge >= 0.3 is 0 Å². The van der Waals surface area contributed by atoms with E-state index in [9.17, 15) is 0 Å². The highest BCUT2D eigenvalue weighted by Gasteiger charge is 2.12. The smallest absolute Gasteiger partial charge is 0.191 e. The summed E-state index contributed by atoms with van der Waals surface area (Å²) < 4.78 is 16.7. The van der Waals surface area contributed by atoms with Gasteiger partial charge in [-0.05, 0) is 57.5 Å². The van der Waals surface area contributed by atoms with Crippen molar-refractivity contribution in [3.05, 3.63) is 47.9 Å². The summed E-state index contributed by atoms with van der Waals surface area (Å²) in [5, 5.41) is 6.73. The Morgan fingerprint density at radius 1 is 1.11 bits per heavy atom. The van der Waals surface area contributed by atoms with Gasteiger partial charge in [-0.15, -0.1) is 24.0 Å². The molecule has 1 atom stereocenters. The highest BCUT2D eigenvalue weighted by Crippen LogP contribution is 2.30. The molecule has 6 nitrogen and oxygen atoms in total. The minimum absolute atomic E-state index is 0. The van der Waals surface area contributed by atoms with Crippen LogP contribution in [0.2, 0.25) is 0 Å². The topological polar surface area (TPSA) is 68.0 Å². The summed E-state index contributed by atoms with van der Waals surface area (Å²) in [7, 11) is 0. The first kappa shape index (κ1) is 24.1. The molecule has 1 heterocycles. The van der Waals surface area contributed by atoms with Crippen LogP contribution in [0, 0.1) is 0 Å². The van der Waals surface area contributed by atoms with Crippen molar-refractivity contribution >= 4 is 29.9 Å². The summed E-state index contributed by atoms with van der Waals surface area (Å²) in [4.78, 5) is 4.64. The predicted molar refractivity (Wildman–Crippen MR) is 124 cm³/mol. The van der Waals surface area contributed by atoms with Gasteiger partial charge in [0.15, 0.2) is 17.5 Å². The van der Waals surface area contributed by atoms with Gasteiger partial charge in [-0.1, -0.05) is 6.07 Å². The van der Waals surface area contributed by atoms with Crippen LogP contribution in [-0.2, 0) is 6.42 Å². The van der Waals surface area contributed by atoms with E-state index in [-0.39, 0.29) is 30.0 Å². The molecule has 0 saturated carbocycles. The Balaban J connectivity index is 0.00000392. The van der Waals surface area contributed by atoms with Gasteiger partial charge in [0.25, 0.3) is 0 Å². The van der Waals surface area contributed by atoms with E-state index in [2.05, 4.69) is 35.5 Å². The molecule has 0 aliphatic carbocycles. The molecule has 0 amide bonds. The average molecular weight is 501 g/mol. The first-order valence-corrected chi connectivity index (χ1v) is 9.64. The van der Waals surface area contributed by atoms with Crippen molar-refractivity contribution in [2.24, 2.45) is 4.99 Å². The number of nitrogens with one attached hydrogen (secondary N) is 2. The monoisotopic (exact) mass is 501 g/mol. The lowest BCUT2D eigenvalue weighted by Crippen LogP contribution is -2.38. The second-order valence-electron chi connectivity index (χ2n) is 6.03. The summed E-state index contributed by atoms with van der Waals surface area (Å²) in [6.45, 7) is 10.8. The molecule has 7 heteroatoms. The van der Waals surface area contributed by atoms with Crippen molar-refractivity contribution in [1.29, 1.82) is 0 Å². The number of nitrogens with zero attached hydrogens (tertiary/aromatic N) is 1. The maximum Gasteiger partial charge on any atom is 0.191 e. The van der Waals surface area contributed by atoms with Crippen LogP contribution in [0.25, 0.3) is 0 Å². The normalized spacial score (nSPS) is 12.1. The van der Waals surface area contributed by atoms with E-state index >= 15 is 0 Å². The molecule has 0 fully saturated rings. The highest BCUT2D eigenvalue weighted by atomic mass is 127. The molecule has 0 aliphatic heterocycles. The molecular formula is C21H32IN3O3. The Morgan fingerprint density at radius 2 is 1.86 bits per heavy atom. The van der Waals surface area contributed by atoms with Crippen LogP contribution in [0.3, 0.4) is 0 Å². The number of guanidine groups is 1. The molecule has 156 valence electrons. The standard InChI is InChI=1S/C21H31N3O3.HI/c1-5-22-21(23-13-12-18-9-8-14-27-18)24-16(4)17-10-11-19(25-6-2)20(15-17)26-7-3;/h8-11,14-16H,5-7,12-13H2,1-4H3,(H2,22,23,24);1H. The number of hydrogen-bond donors (Lipinski definition) is 2. The zero-order valence-corrected chi connectivity index (χ0v) is 19.5. The predicted octanol–water partition coefficient (Wildman–Crippen LogP) is 4.55. The zero-order chi connectivity index (χ0) is 19.5.